The second-order valence-electron chi connectivity index (χ2n) is 11.8. The van der Waals surface area contributed by atoms with E-state index in [2.05, 4.69) is 11.4 Å². The lowest BCUT2D eigenvalue weighted by Crippen LogP contribution is -2.54. The number of likely N-dealkylation sites (tertiary alicyclic amines) is 1. The minimum Gasteiger partial charge on any atom is -0.465 e. The van der Waals surface area contributed by atoms with Gasteiger partial charge in [0.2, 0.25) is 5.91 Å². The number of methoxy groups -OCH3 is 1. The van der Waals surface area contributed by atoms with E-state index in [0.717, 1.165) is 29.7 Å². The quantitative estimate of drug-likeness (QED) is 0.345. The average Bonchev–Trinajstić information content (AvgIpc) is 3.66. The number of halogens is 1. The van der Waals surface area contributed by atoms with Crippen molar-refractivity contribution < 1.29 is 28.0 Å². The summed E-state index contributed by atoms with van der Waals surface area (Å²) < 4.78 is 35.3. The fourth-order valence-corrected chi connectivity index (χ4v) is 6.47. The van der Waals surface area contributed by atoms with Crippen LogP contribution in [0.4, 0.5) is 14.9 Å². The third-order valence-corrected chi connectivity index (χ3v) is 9.11. The van der Waals surface area contributed by atoms with Crippen molar-refractivity contribution in [1.82, 2.24) is 9.21 Å². The summed E-state index contributed by atoms with van der Waals surface area (Å²) in [6.45, 7) is 5.86. The molecule has 41 heavy (non-hydrogen) atoms. The minimum atomic E-state index is -1.26. The Labute approximate surface area is 243 Å². The van der Waals surface area contributed by atoms with E-state index in [9.17, 15) is 24.2 Å². The van der Waals surface area contributed by atoms with Crippen LogP contribution >= 0.6 is 0 Å². The number of hydrogen-bond acceptors (Lipinski definition) is 5. The summed E-state index contributed by atoms with van der Waals surface area (Å²) >= 11 is -0.257. The molecule has 0 aromatic heterocycles. The van der Waals surface area contributed by atoms with Gasteiger partial charge in [-0.15, -0.1) is 0 Å². The molecule has 2 aliphatic rings. The van der Waals surface area contributed by atoms with Crippen LogP contribution in [-0.2, 0) is 26.9 Å². The molecule has 1 heterocycles. The number of thiol groups is 1. The number of nitriles is 1. The zero-order chi connectivity index (χ0) is 29.9. The monoisotopic (exact) mass is 584 g/mol. The molecule has 0 unspecified atom stereocenters. The summed E-state index contributed by atoms with van der Waals surface area (Å²) in [5, 5.41) is 21.9. The van der Waals surface area contributed by atoms with Crippen LogP contribution in [-0.4, -0.2) is 61.9 Å². The topological polar surface area (TPSA) is 123 Å². The number of benzene rings is 2. The first-order valence-corrected chi connectivity index (χ1v) is 14.5. The predicted molar refractivity (Wildman–Crippen MR) is 154 cm³/mol. The zero-order valence-electron chi connectivity index (χ0n) is 23.8. The number of nitrogens with zero attached hydrogens (tertiary/aromatic N) is 3. The molecule has 2 aromatic rings. The van der Waals surface area contributed by atoms with E-state index in [0.29, 0.717) is 23.5 Å². The largest absolute Gasteiger partial charge is 0.465 e. The molecule has 9 nitrogen and oxygen atoms in total. The number of carbonyl (C=O) groups excluding carboxylic acids is 1. The van der Waals surface area contributed by atoms with Gasteiger partial charge in [-0.05, 0) is 74.9 Å². The SMILES string of the molecule is CO[C@@H]1C[C@H](C(=O)Nc2cc([C@@](CCC3CC3)(c3cccc(C#N)c3)N([SH]=O)C(C)(C)C)ccc2F)N(C(=O)O)C1. The summed E-state index contributed by atoms with van der Waals surface area (Å²) in [7, 11) is 1.45. The molecule has 0 radical (unpaired) electrons. The summed E-state index contributed by atoms with van der Waals surface area (Å²) in [6.07, 6.45) is 2.02. The van der Waals surface area contributed by atoms with Crippen LogP contribution in [0, 0.1) is 23.1 Å². The van der Waals surface area contributed by atoms with Crippen molar-refractivity contribution in [3.63, 3.8) is 0 Å². The normalized spacial score (nSPS) is 20.5. The highest BCUT2D eigenvalue weighted by Crippen LogP contribution is 2.47. The Hall–Kier alpha value is -3.33. The van der Waals surface area contributed by atoms with E-state index in [4.69, 9.17) is 4.74 Å². The number of carbonyl (C=O) groups is 2. The van der Waals surface area contributed by atoms with Gasteiger partial charge in [0.15, 0.2) is 0 Å². The summed E-state index contributed by atoms with van der Waals surface area (Å²) in [5.74, 6) is -0.821. The number of ether oxygens (including phenoxy) is 1. The Morgan fingerprint density at radius 1 is 1.22 bits per heavy atom. The number of anilines is 1. The first-order valence-electron chi connectivity index (χ1n) is 13.7. The summed E-state index contributed by atoms with van der Waals surface area (Å²) in [4.78, 5) is 26.1. The fraction of sp³-hybridized carbons (Fsp3) is 0.500. The van der Waals surface area contributed by atoms with Crippen molar-refractivity contribution in [2.45, 2.75) is 76.1 Å². The molecule has 4 rings (SSSR count). The molecule has 11 heteroatoms. The molecule has 220 valence electrons. The van der Waals surface area contributed by atoms with Gasteiger partial charge in [-0.3, -0.25) is 9.69 Å². The third kappa shape index (κ3) is 6.45. The number of carboxylic acid groups (broad SMARTS) is 1. The van der Waals surface area contributed by atoms with Crippen LogP contribution in [0.1, 0.15) is 69.6 Å². The Bertz CT molecular complexity index is 1360. The highest BCUT2D eigenvalue weighted by atomic mass is 32.2. The van der Waals surface area contributed by atoms with Crippen LogP contribution < -0.4 is 5.32 Å². The van der Waals surface area contributed by atoms with Crippen LogP contribution in [0.2, 0.25) is 0 Å². The lowest BCUT2D eigenvalue weighted by atomic mass is 9.76. The van der Waals surface area contributed by atoms with Crippen molar-refractivity contribution in [1.29, 1.82) is 5.26 Å². The van der Waals surface area contributed by atoms with Gasteiger partial charge in [0, 0.05) is 19.1 Å². The zero-order valence-corrected chi connectivity index (χ0v) is 24.7. The predicted octanol–water partition coefficient (Wildman–Crippen LogP) is 4.80. The van der Waals surface area contributed by atoms with Gasteiger partial charge >= 0.3 is 6.09 Å². The van der Waals surface area contributed by atoms with Gasteiger partial charge in [-0.25, -0.2) is 17.7 Å². The van der Waals surface area contributed by atoms with Gasteiger partial charge in [-0.1, -0.05) is 31.0 Å². The van der Waals surface area contributed by atoms with Crippen molar-refractivity contribution in [2.75, 3.05) is 19.0 Å². The molecule has 2 aromatic carbocycles. The highest BCUT2D eigenvalue weighted by molar-refractivity contribution is 7.63. The van der Waals surface area contributed by atoms with E-state index < -0.39 is 41.0 Å². The van der Waals surface area contributed by atoms with Crippen LogP contribution in [0.5, 0.6) is 0 Å². The van der Waals surface area contributed by atoms with E-state index in [1.165, 1.54) is 19.2 Å². The maximum atomic E-state index is 15.3. The fourth-order valence-electron chi connectivity index (χ4n) is 5.76. The third-order valence-electron chi connectivity index (χ3n) is 8.01. The first kappa shape index (κ1) is 30.6. The van der Waals surface area contributed by atoms with Crippen LogP contribution in [0.15, 0.2) is 42.5 Å². The Morgan fingerprint density at radius 3 is 2.51 bits per heavy atom. The van der Waals surface area contributed by atoms with E-state index in [1.807, 2.05) is 31.1 Å². The Kier molecular flexibility index (Phi) is 9.16. The second-order valence-corrected chi connectivity index (χ2v) is 12.4. The van der Waals surface area contributed by atoms with Gasteiger partial charge < -0.3 is 15.2 Å². The maximum absolute atomic E-state index is 15.3. The van der Waals surface area contributed by atoms with Crippen molar-refractivity contribution in [2.24, 2.45) is 5.92 Å². The average molecular weight is 585 g/mol. The number of nitrogens with one attached hydrogen (secondary N) is 1. The summed E-state index contributed by atoms with van der Waals surface area (Å²) in [6, 6.07) is 12.7. The molecule has 1 saturated carbocycles. The van der Waals surface area contributed by atoms with Crippen LogP contribution in [0.25, 0.3) is 0 Å². The van der Waals surface area contributed by atoms with E-state index in [1.54, 1.807) is 24.3 Å². The molecule has 0 bridgehead atoms. The Morgan fingerprint density at radius 2 is 1.93 bits per heavy atom. The van der Waals surface area contributed by atoms with Crippen molar-refractivity contribution >= 4 is 29.5 Å². The van der Waals surface area contributed by atoms with Gasteiger partial charge in [-0.2, -0.15) is 5.26 Å². The van der Waals surface area contributed by atoms with Gasteiger partial charge in [0.05, 0.1) is 47.4 Å². The van der Waals surface area contributed by atoms with Gasteiger partial charge in [0.1, 0.15) is 11.9 Å². The van der Waals surface area contributed by atoms with E-state index >= 15 is 4.39 Å². The summed E-state index contributed by atoms with van der Waals surface area (Å²) in [5.41, 5.74) is 0.00477. The molecule has 2 fully saturated rings. The smallest absolute Gasteiger partial charge is 0.408 e. The molecule has 2 amide bonds. The number of hydrogen-bond donors (Lipinski definition) is 3. The maximum Gasteiger partial charge on any atom is 0.408 e. The second kappa shape index (κ2) is 12.3. The standard InChI is InChI=1S/C30H37FN4O5S/c1-29(2,3)35(41-39)30(13-12-19-8-9-19,21-7-5-6-20(14-21)17-32)22-10-11-24(31)25(15-22)33-27(36)26-16-23(40-4)18-34(26)28(37)38/h5-7,10-11,14-15,19,23,26,41H,8-9,12-13,16,18H2,1-4H3,(H,33,36)(H,37,38)/t23-,26-,30-/m1/s1. The van der Waals surface area contributed by atoms with Gasteiger partial charge in [0.25, 0.3) is 0 Å². The molecule has 1 aliphatic heterocycles. The molecular weight excluding hydrogens is 547 g/mol. The molecule has 3 atom stereocenters. The minimum absolute atomic E-state index is 0.0368. The molecule has 1 aliphatic carbocycles. The number of amides is 2. The highest BCUT2D eigenvalue weighted by Gasteiger charge is 2.47. The molecule has 1 saturated heterocycles. The van der Waals surface area contributed by atoms with Crippen LogP contribution in [0.3, 0.4) is 0 Å². The van der Waals surface area contributed by atoms with E-state index in [-0.39, 0.29) is 30.5 Å². The molecule has 2 N–H and O–H groups in total. The van der Waals surface area contributed by atoms with Crippen molar-refractivity contribution in [3.8, 4) is 6.07 Å². The number of rotatable bonds is 10. The lowest BCUT2D eigenvalue weighted by molar-refractivity contribution is -0.120. The first-order chi connectivity index (χ1) is 19.4. The van der Waals surface area contributed by atoms with Crippen molar-refractivity contribution in [3.05, 3.63) is 65.0 Å². The molecular formula is C30H37FN4O5S. The Balaban J connectivity index is 1.84. The molecule has 0 spiro atoms. The lowest BCUT2D eigenvalue weighted by Gasteiger charge is -2.48.